The molecule has 0 fully saturated rings. The molecule has 1 aromatic carbocycles. The van der Waals surface area contributed by atoms with Crippen LogP contribution in [-0.2, 0) is 0 Å². The lowest BCUT2D eigenvalue weighted by Crippen LogP contribution is -2.45. The predicted molar refractivity (Wildman–Crippen MR) is 71.3 cm³/mol. The molecule has 8 N–H and O–H groups in total. The number of ether oxygens (including phenoxy) is 1. The first-order valence-corrected chi connectivity index (χ1v) is 5.45. The average Bonchev–Trinajstić information content (AvgIpc) is 2.36. The third-order valence-corrected chi connectivity index (χ3v) is 2.23. The van der Waals surface area contributed by atoms with Crippen LogP contribution in [0.15, 0.2) is 24.3 Å². The highest BCUT2D eigenvalue weighted by Crippen LogP contribution is 2.19. The van der Waals surface area contributed by atoms with Crippen molar-refractivity contribution in [1.82, 2.24) is 0 Å². The summed E-state index contributed by atoms with van der Waals surface area (Å²) in [5, 5.41) is 32.4. The maximum atomic E-state index is 9.14. The minimum absolute atomic E-state index is 0.0288. The van der Waals surface area contributed by atoms with Gasteiger partial charge in [-0.2, -0.15) is 0 Å². The van der Waals surface area contributed by atoms with Crippen LogP contribution < -0.4 is 21.1 Å². The van der Waals surface area contributed by atoms with E-state index in [-0.39, 0.29) is 25.1 Å². The number of hydrogen-bond acceptors (Lipinski definition) is 5. The Balaban J connectivity index is 2.75. The van der Waals surface area contributed by atoms with Crippen molar-refractivity contribution in [3.63, 3.8) is 0 Å². The molecule has 0 bridgehead atoms. The molecule has 0 radical (unpaired) electrons. The molecule has 104 valence electrons. The molecule has 0 saturated heterocycles. The molecule has 8 nitrogen and oxygen atoms in total. The molecule has 8 heteroatoms. The average molecular weight is 267 g/mol. The van der Waals surface area contributed by atoms with Crippen molar-refractivity contribution >= 4 is 17.6 Å². The molecule has 0 aromatic heterocycles. The van der Waals surface area contributed by atoms with Gasteiger partial charge >= 0.3 is 0 Å². The molecular weight excluding hydrogens is 250 g/mol. The van der Waals surface area contributed by atoms with Crippen LogP contribution in [0.4, 0.5) is 5.69 Å². The van der Waals surface area contributed by atoms with E-state index in [1.54, 1.807) is 24.3 Å². The van der Waals surface area contributed by atoms with Crippen LogP contribution in [0.5, 0.6) is 5.75 Å². The molecule has 0 heterocycles. The summed E-state index contributed by atoms with van der Waals surface area (Å²) in [6, 6.07) is 6.31. The van der Waals surface area contributed by atoms with E-state index < -0.39 is 6.10 Å². The van der Waals surface area contributed by atoms with Crippen LogP contribution >= 0.6 is 0 Å². The largest absolute Gasteiger partial charge is 0.491 e. The Kier molecular flexibility index (Phi) is 5.10. The Morgan fingerprint density at radius 2 is 1.74 bits per heavy atom. The van der Waals surface area contributed by atoms with Gasteiger partial charge in [-0.25, -0.2) is 0 Å². The zero-order valence-corrected chi connectivity index (χ0v) is 10.2. The highest BCUT2D eigenvalue weighted by Gasteiger charge is 2.12. The van der Waals surface area contributed by atoms with Gasteiger partial charge in [0, 0.05) is 0 Å². The highest BCUT2D eigenvalue weighted by atomic mass is 16.5. The third kappa shape index (κ3) is 4.12. The Hall–Kier alpha value is -2.32. The number of aliphatic hydroxyl groups excluding tert-OH is 2. The topological polar surface area (TPSA) is 153 Å². The van der Waals surface area contributed by atoms with E-state index in [1.165, 1.54) is 0 Å². The van der Waals surface area contributed by atoms with Crippen LogP contribution in [0.3, 0.4) is 0 Å². The fraction of sp³-hybridized carbons (Fsp3) is 0.273. The van der Waals surface area contributed by atoms with Crippen molar-refractivity contribution in [2.24, 2.45) is 11.5 Å². The zero-order valence-electron chi connectivity index (χ0n) is 10.2. The van der Waals surface area contributed by atoms with E-state index in [0.29, 0.717) is 11.4 Å². The molecule has 0 aliphatic rings. The van der Waals surface area contributed by atoms with Gasteiger partial charge in [-0.1, -0.05) is 0 Å². The van der Waals surface area contributed by atoms with Crippen LogP contribution in [0, 0.1) is 10.8 Å². The lowest BCUT2D eigenvalue weighted by atomic mass is 10.3. The second-order valence-electron chi connectivity index (χ2n) is 3.75. The molecule has 1 rings (SSSR count). The molecule has 0 amide bonds. The zero-order chi connectivity index (χ0) is 14.4. The minimum atomic E-state index is -0.939. The van der Waals surface area contributed by atoms with Gasteiger partial charge < -0.3 is 26.4 Å². The summed E-state index contributed by atoms with van der Waals surface area (Å²) in [6.07, 6.45) is -0.939. The number of nitrogens with two attached hydrogens (primary N) is 2. The number of aliphatic hydroxyl groups is 2. The molecule has 1 aromatic rings. The Labute approximate surface area is 110 Å². The molecular formula is C11H17N5O3. The number of benzene rings is 1. The van der Waals surface area contributed by atoms with Gasteiger partial charge in [-0.15, -0.1) is 0 Å². The van der Waals surface area contributed by atoms with E-state index in [9.17, 15) is 0 Å². The van der Waals surface area contributed by atoms with Gasteiger partial charge in [-0.3, -0.25) is 15.7 Å². The van der Waals surface area contributed by atoms with E-state index in [4.69, 9.17) is 37.2 Å². The predicted octanol–water partition coefficient (Wildman–Crippen LogP) is -0.988. The summed E-state index contributed by atoms with van der Waals surface area (Å²) in [6.45, 7) is -0.403. The third-order valence-electron chi connectivity index (χ3n) is 2.23. The smallest absolute Gasteiger partial charge is 0.200 e. The SMILES string of the molecule is N=C(N)N(C(=N)N)c1ccc(OC[C@H](O)CO)cc1. The lowest BCUT2D eigenvalue weighted by molar-refractivity contribution is 0.0536. The van der Waals surface area contributed by atoms with Gasteiger partial charge in [0.1, 0.15) is 18.5 Å². The molecule has 0 unspecified atom stereocenters. The van der Waals surface area contributed by atoms with Gasteiger partial charge in [0.15, 0.2) is 11.9 Å². The quantitative estimate of drug-likeness (QED) is 0.297. The van der Waals surface area contributed by atoms with Crippen molar-refractivity contribution in [2.45, 2.75) is 6.10 Å². The summed E-state index contributed by atoms with van der Waals surface area (Å²) < 4.78 is 5.22. The number of rotatable bonds is 5. The standard InChI is InChI=1S/C11H17N5O3/c12-10(13)16(11(14)15)7-1-3-9(4-2-7)19-6-8(18)5-17/h1-4,8,17-18H,5-6H2,(H3,12,13)(H3,14,15)/t8-/m1/s1. The number of guanidine groups is 2. The minimum Gasteiger partial charge on any atom is -0.491 e. The van der Waals surface area contributed by atoms with Gasteiger partial charge in [-0.05, 0) is 24.3 Å². The second-order valence-corrected chi connectivity index (χ2v) is 3.75. The van der Waals surface area contributed by atoms with E-state index >= 15 is 0 Å². The number of hydrogen-bond donors (Lipinski definition) is 6. The van der Waals surface area contributed by atoms with Crippen LogP contribution in [0.25, 0.3) is 0 Å². The summed E-state index contributed by atoms with van der Waals surface area (Å²) in [5.74, 6) is -0.253. The summed E-state index contributed by atoms with van der Waals surface area (Å²) in [7, 11) is 0. The Bertz CT molecular complexity index is 434. The molecule has 0 aliphatic carbocycles. The number of nitrogens with zero attached hydrogens (tertiary/aromatic N) is 1. The van der Waals surface area contributed by atoms with Crippen LogP contribution in [0.2, 0.25) is 0 Å². The van der Waals surface area contributed by atoms with Crippen molar-refractivity contribution in [2.75, 3.05) is 18.1 Å². The van der Waals surface area contributed by atoms with Gasteiger partial charge in [0.05, 0.1) is 12.3 Å². The van der Waals surface area contributed by atoms with Crippen LogP contribution in [-0.4, -0.2) is 41.4 Å². The summed E-state index contributed by atoms with van der Waals surface area (Å²) in [4.78, 5) is 1.05. The number of anilines is 1. The normalized spacial score (nSPS) is 11.7. The first kappa shape index (κ1) is 14.7. The summed E-state index contributed by atoms with van der Waals surface area (Å²) >= 11 is 0. The van der Waals surface area contributed by atoms with Crippen molar-refractivity contribution in [3.8, 4) is 5.75 Å². The Morgan fingerprint density at radius 3 is 2.16 bits per heavy atom. The second kappa shape index (κ2) is 6.57. The van der Waals surface area contributed by atoms with Gasteiger partial charge in [0.25, 0.3) is 0 Å². The molecule has 1 atom stereocenters. The van der Waals surface area contributed by atoms with Crippen molar-refractivity contribution in [1.29, 1.82) is 10.8 Å². The van der Waals surface area contributed by atoms with Gasteiger partial charge in [0.2, 0.25) is 0 Å². The molecule has 0 aliphatic heterocycles. The first-order chi connectivity index (χ1) is 8.95. The maximum Gasteiger partial charge on any atom is 0.200 e. The van der Waals surface area contributed by atoms with E-state index in [0.717, 1.165) is 4.90 Å². The van der Waals surface area contributed by atoms with Crippen molar-refractivity contribution in [3.05, 3.63) is 24.3 Å². The van der Waals surface area contributed by atoms with Crippen LogP contribution in [0.1, 0.15) is 0 Å². The van der Waals surface area contributed by atoms with Crippen molar-refractivity contribution < 1.29 is 14.9 Å². The molecule has 19 heavy (non-hydrogen) atoms. The van der Waals surface area contributed by atoms with E-state index in [1.807, 2.05) is 0 Å². The first-order valence-electron chi connectivity index (χ1n) is 5.45. The maximum absolute atomic E-state index is 9.14. The molecule has 0 saturated carbocycles. The monoisotopic (exact) mass is 267 g/mol. The fourth-order valence-corrected chi connectivity index (χ4v) is 1.34. The fourth-order valence-electron chi connectivity index (χ4n) is 1.34. The number of nitrogens with one attached hydrogen (secondary N) is 2. The molecule has 0 spiro atoms. The lowest BCUT2D eigenvalue weighted by Gasteiger charge is -2.20. The Morgan fingerprint density at radius 1 is 1.21 bits per heavy atom. The van der Waals surface area contributed by atoms with E-state index in [2.05, 4.69) is 0 Å². The summed E-state index contributed by atoms with van der Waals surface area (Å²) in [5.41, 5.74) is 11.1. The highest BCUT2D eigenvalue weighted by molar-refractivity contribution is 6.14.